The van der Waals surface area contributed by atoms with Crippen molar-refractivity contribution in [1.29, 1.82) is 0 Å². The minimum atomic E-state index is -0.0482. The molecule has 3 N–H and O–H groups in total. The number of hydrogen-bond acceptors (Lipinski definition) is 5. The number of rotatable bonds is 5. The summed E-state index contributed by atoms with van der Waals surface area (Å²) < 4.78 is 1.92. The Hall–Kier alpha value is -1.89. The third-order valence-corrected chi connectivity index (χ3v) is 3.09. The molecule has 2 rings (SSSR count). The Morgan fingerprint density at radius 3 is 3.11 bits per heavy atom. The van der Waals surface area contributed by atoms with Gasteiger partial charge in [-0.2, -0.15) is 0 Å². The van der Waals surface area contributed by atoms with Crippen LogP contribution in [0.1, 0.15) is 12.6 Å². The number of thiazole rings is 1. The van der Waals surface area contributed by atoms with Crippen LogP contribution in [0, 0.1) is 0 Å². The van der Waals surface area contributed by atoms with Crippen LogP contribution in [-0.2, 0) is 17.8 Å². The van der Waals surface area contributed by atoms with Gasteiger partial charge in [-0.05, 0) is 6.92 Å². The first-order valence-corrected chi connectivity index (χ1v) is 6.46. The highest BCUT2D eigenvalue weighted by Crippen LogP contribution is 2.11. The summed E-state index contributed by atoms with van der Waals surface area (Å²) >= 11 is 1.34. The summed E-state index contributed by atoms with van der Waals surface area (Å²) in [5.74, 6) is -0.0482. The van der Waals surface area contributed by atoms with Crippen molar-refractivity contribution in [1.82, 2.24) is 19.9 Å². The average molecular weight is 265 g/mol. The lowest BCUT2D eigenvalue weighted by molar-refractivity contribution is -0.121. The van der Waals surface area contributed by atoms with Crippen LogP contribution in [0.5, 0.6) is 0 Å². The number of imidazole rings is 1. The fourth-order valence-corrected chi connectivity index (χ4v) is 2.21. The summed E-state index contributed by atoms with van der Waals surface area (Å²) in [6.45, 7) is 2.65. The van der Waals surface area contributed by atoms with Gasteiger partial charge in [0.15, 0.2) is 5.13 Å². The second-order valence-corrected chi connectivity index (χ2v) is 4.97. The number of hydrogen-bond donors (Lipinski definition) is 2. The third kappa shape index (κ3) is 3.56. The predicted molar refractivity (Wildman–Crippen MR) is 70.1 cm³/mol. The first kappa shape index (κ1) is 12.6. The predicted octanol–water partition coefficient (Wildman–Crippen LogP) is 0.669. The van der Waals surface area contributed by atoms with Gasteiger partial charge in [0, 0.05) is 30.4 Å². The van der Waals surface area contributed by atoms with Gasteiger partial charge in [0.1, 0.15) is 0 Å². The van der Waals surface area contributed by atoms with Crippen LogP contribution in [0.15, 0.2) is 24.1 Å². The monoisotopic (exact) mass is 265 g/mol. The minimum absolute atomic E-state index is 0.0442. The Kier molecular flexibility index (Phi) is 3.93. The first-order chi connectivity index (χ1) is 8.63. The number of carbonyl (C=O) groups is 1. The van der Waals surface area contributed by atoms with Crippen LogP contribution in [0.3, 0.4) is 0 Å². The highest BCUT2D eigenvalue weighted by Gasteiger charge is 2.10. The molecular formula is C11H15N5OS. The van der Waals surface area contributed by atoms with Gasteiger partial charge in [0.2, 0.25) is 5.91 Å². The number of anilines is 1. The molecule has 6 nitrogen and oxygen atoms in total. The molecule has 0 bridgehead atoms. The van der Waals surface area contributed by atoms with E-state index in [2.05, 4.69) is 15.3 Å². The Balaban J connectivity index is 1.80. The lowest BCUT2D eigenvalue weighted by Crippen LogP contribution is -2.36. The Bertz CT molecular complexity index is 507. The maximum atomic E-state index is 11.7. The Labute approximate surface area is 109 Å². The summed E-state index contributed by atoms with van der Waals surface area (Å²) in [5.41, 5.74) is 6.22. The molecule has 0 aliphatic carbocycles. The smallest absolute Gasteiger partial charge is 0.226 e. The lowest BCUT2D eigenvalue weighted by atomic mass is 10.2. The molecule has 18 heavy (non-hydrogen) atoms. The van der Waals surface area contributed by atoms with E-state index >= 15 is 0 Å². The number of nitrogens with zero attached hydrogens (tertiary/aromatic N) is 3. The molecule has 0 radical (unpaired) electrons. The molecule has 1 amide bonds. The molecule has 7 heteroatoms. The van der Waals surface area contributed by atoms with E-state index in [1.807, 2.05) is 17.7 Å². The van der Waals surface area contributed by atoms with Crippen LogP contribution in [0.4, 0.5) is 5.13 Å². The topological polar surface area (TPSA) is 85.8 Å². The van der Waals surface area contributed by atoms with Crippen molar-refractivity contribution in [2.24, 2.45) is 0 Å². The minimum Gasteiger partial charge on any atom is -0.375 e. The van der Waals surface area contributed by atoms with E-state index in [0.717, 1.165) is 0 Å². The fraction of sp³-hybridized carbons (Fsp3) is 0.364. The first-order valence-electron chi connectivity index (χ1n) is 5.58. The zero-order valence-electron chi connectivity index (χ0n) is 10.0. The van der Waals surface area contributed by atoms with Crippen LogP contribution >= 0.6 is 11.3 Å². The van der Waals surface area contributed by atoms with Gasteiger partial charge < -0.3 is 15.6 Å². The largest absolute Gasteiger partial charge is 0.375 e. The van der Waals surface area contributed by atoms with Gasteiger partial charge in [-0.15, -0.1) is 11.3 Å². The normalized spacial score (nSPS) is 12.3. The van der Waals surface area contributed by atoms with E-state index in [1.165, 1.54) is 11.3 Å². The molecule has 0 saturated carbocycles. The maximum Gasteiger partial charge on any atom is 0.226 e. The molecule has 0 aliphatic heterocycles. The van der Waals surface area contributed by atoms with Gasteiger partial charge in [0.25, 0.3) is 0 Å². The van der Waals surface area contributed by atoms with Crippen molar-refractivity contribution < 1.29 is 4.79 Å². The molecule has 1 atom stereocenters. The van der Waals surface area contributed by atoms with E-state index in [1.54, 1.807) is 17.9 Å². The van der Waals surface area contributed by atoms with Crippen LogP contribution < -0.4 is 11.1 Å². The standard InChI is InChI=1S/C11H15N5OS/c1-8(5-16-3-2-13-7-16)14-10(17)4-9-6-18-11(12)15-9/h2-3,6-8H,4-5H2,1H3,(H2,12,15)(H,14,17). The van der Waals surface area contributed by atoms with Crippen molar-refractivity contribution in [2.75, 3.05) is 5.73 Å². The summed E-state index contributed by atoms with van der Waals surface area (Å²) in [6, 6.07) is 0.0442. The second kappa shape index (κ2) is 5.63. The van der Waals surface area contributed by atoms with Gasteiger partial charge in [-0.3, -0.25) is 4.79 Å². The summed E-state index contributed by atoms with van der Waals surface area (Å²) in [7, 11) is 0. The van der Waals surface area contributed by atoms with Crippen molar-refractivity contribution in [3.8, 4) is 0 Å². The Morgan fingerprint density at radius 1 is 1.67 bits per heavy atom. The number of carbonyl (C=O) groups excluding carboxylic acids is 1. The highest BCUT2D eigenvalue weighted by molar-refractivity contribution is 7.13. The lowest BCUT2D eigenvalue weighted by Gasteiger charge is -2.13. The van der Waals surface area contributed by atoms with Crippen molar-refractivity contribution in [2.45, 2.75) is 25.9 Å². The molecule has 0 saturated heterocycles. The van der Waals surface area contributed by atoms with E-state index in [4.69, 9.17) is 5.73 Å². The highest BCUT2D eigenvalue weighted by atomic mass is 32.1. The van der Waals surface area contributed by atoms with Gasteiger partial charge in [-0.25, -0.2) is 9.97 Å². The molecular weight excluding hydrogens is 250 g/mol. The summed E-state index contributed by atoms with van der Waals surface area (Å²) in [5, 5.41) is 5.20. The van der Waals surface area contributed by atoms with Gasteiger partial charge in [-0.1, -0.05) is 0 Å². The van der Waals surface area contributed by atoms with Crippen LogP contribution in [0.2, 0.25) is 0 Å². The Morgan fingerprint density at radius 2 is 2.50 bits per heavy atom. The quantitative estimate of drug-likeness (QED) is 0.832. The average Bonchev–Trinajstić information content (AvgIpc) is 2.90. The number of nitrogens with two attached hydrogens (primary N) is 1. The molecule has 0 fully saturated rings. The van der Waals surface area contributed by atoms with E-state index in [9.17, 15) is 4.79 Å². The molecule has 0 aromatic carbocycles. The molecule has 2 aromatic rings. The van der Waals surface area contributed by atoms with E-state index in [0.29, 0.717) is 17.4 Å². The molecule has 96 valence electrons. The van der Waals surface area contributed by atoms with E-state index in [-0.39, 0.29) is 18.4 Å². The summed E-state index contributed by atoms with van der Waals surface area (Å²) in [4.78, 5) is 19.8. The second-order valence-electron chi connectivity index (χ2n) is 4.08. The SMILES string of the molecule is CC(Cn1ccnc1)NC(=O)Cc1csc(N)n1. The fourth-order valence-electron chi connectivity index (χ4n) is 1.65. The van der Waals surface area contributed by atoms with Crippen LogP contribution in [0.25, 0.3) is 0 Å². The van der Waals surface area contributed by atoms with Crippen molar-refractivity contribution in [3.05, 3.63) is 29.8 Å². The summed E-state index contributed by atoms with van der Waals surface area (Å²) in [6.07, 6.45) is 5.57. The number of amides is 1. The van der Waals surface area contributed by atoms with Gasteiger partial charge >= 0.3 is 0 Å². The third-order valence-electron chi connectivity index (χ3n) is 2.36. The number of aromatic nitrogens is 3. The van der Waals surface area contributed by atoms with Gasteiger partial charge in [0.05, 0.1) is 18.4 Å². The zero-order valence-corrected chi connectivity index (χ0v) is 10.9. The molecule has 2 aromatic heterocycles. The maximum absolute atomic E-state index is 11.7. The molecule has 0 spiro atoms. The number of nitrogens with one attached hydrogen (secondary N) is 1. The van der Waals surface area contributed by atoms with Crippen LogP contribution in [-0.4, -0.2) is 26.5 Å². The van der Waals surface area contributed by atoms with Crippen molar-refractivity contribution >= 4 is 22.4 Å². The molecule has 0 aliphatic rings. The van der Waals surface area contributed by atoms with Crippen molar-refractivity contribution in [3.63, 3.8) is 0 Å². The zero-order chi connectivity index (χ0) is 13.0. The number of nitrogen functional groups attached to an aromatic ring is 1. The molecule has 2 heterocycles. The molecule has 1 unspecified atom stereocenters. The van der Waals surface area contributed by atoms with E-state index < -0.39 is 0 Å².